The number of aliphatic carboxylic acids is 1. The van der Waals surface area contributed by atoms with E-state index in [4.69, 9.17) is 5.11 Å². The summed E-state index contributed by atoms with van der Waals surface area (Å²) in [5.74, 6) is -2.39. The summed E-state index contributed by atoms with van der Waals surface area (Å²) in [7, 11) is 0. The lowest BCUT2D eigenvalue weighted by atomic mass is 9.76. The second-order valence-corrected chi connectivity index (χ2v) is 5.66. The largest absolute Gasteiger partial charge is 0.481 e. The molecule has 1 atom stereocenters. The molecule has 1 unspecified atom stereocenters. The maximum absolute atomic E-state index is 13.6. The second kappa shape index (κ2) is 5.87. The summed E-state index contributed by atoms with van der Waals surface area (Å²) in [4.78, 5) is 11.0. The van der Waals surface area contributed by atoms with Gasteiger partial charge in [-0.15, -0.1) is 0 Å². The van der Waals surface area contributed by atoms with Gasteiger partial charge in [-0.2, -0.15) is 0 Å². The van der Waals surface area contributed by atoms with Crippen LogP contribution in [0.15, 0.2) is 18.2 Å². The molecule has 0 aliphatic heterocycles. The molecular formula is C15H18F2O3. The van der Waals surface area contributed by atoms with E-state index in [9.17, 15) is 18.7 Å². The number of benzene rings is 1. The summed E-state index contributed by atoms with van der Waals surface area (Å²) in [5.41, 5.74) is -0.449. The predicted molar refractivity (Wildman–Crippen MR) is 69.1 cm³/mol. The summed E-state index contributed by atoms with van der Waals surface area (Å²) in [6.45, 7) is 0. The van der Waals surface area contributed by atoms with E-state index in [-0.39, 0.29) is 18.4 Å². The lowest BCUT2D eigenvalue weighted by Crippen LogP contribution is -2.24. The molecule has 0 aromatic heterocycles. The molecule has 0 saturated heterocycles. The van der Waals surface area contributed by atoms with Crippen LogP contribution in [0.25, 0.3) is 0 Å². The van der Waals surface area contributed by atoms with Gasteiger partial charge in [-0.3, -0.25) is 4.79 Å². The van der Waals surface area contributed by atoms with E-state index in [1.807, 2.05) is 0 Å². The fourth-order valence-electron chi connectivity index (χ4n) is 3.19. The number of halogens is 2. The van der Waals surface area contributed by atoms with Gasteiger partial charge in [-0.05, 0) is 30.7 Å². The van der Waals surface area contributed by atoms with Crippen LogP contribution in [0.3, 0.4) is 0 Å². The topological polar surface area (TPSA) is 57.5 Å². The van der Waals surface area contributed by atoms with Crippen LogP contribution in [0.4, 0.5) is 8.78 Å². The number of aliphatic hydroxyl groups is 1. The van der Waals surface area contributed by atoms with Crippen molar-refractivity contribution >= 4 is 5.97 Å². The third-order valence-corrected chi connectivity index (χ3v) is 4.14. The predicted octanol–water partition coefficient (Wildman–Crippen LogP) is 3.42. The first-order valence-corrected chi connectivity index (χ1v) is 6.77. The first-order chi connectivity index (χ1) is 9.42. The van der Waals surface area contributed by atoms with Crippen molar-refractivity contribution in [1.82, 2.24) is 0 Å². The van der Waals surface area contributed by atoms with E-state index in [2.05, 4.69) is 0 Å². The number of carbonyl (C=O) groups is 1. The van der Waals surface area contributed by atoms with Gasteiger partial charge in [0, 0.05) is 11.6 Å². The Labute approximate surface area is 116 Å². The van der Waals surface area contributed by atoms with E-state index in [1.54, 1.807) is 0 Å². The molecule has 2 rings (SSSR count). The summed E-state index contributed by atoms with van der Waals surface area (Å²) in [6.07, 6.45) is 2.36. The van der Waals surface area contributed by atoms with Crippen molar-refractivity contribution in [2.45, 2.75) is 44.6 Å². The van der Waals surface area contributed by atoms with E-state index in [1.165, 1.54) is 6.07 Å². The van der Waals surface area contributed by atoms with Gasteiger partial charge in [0.15, 0.2) is 0 Å². The summed E-state index contributed by atoms with van der Waals surface area (Å²) in [6, 6.07) is 3.05. The number of hydrogen-bond donors (Lipinski definition) is 2. The fourth-order valence-corrected chi connectivity index (χ4v) is 3.19. The average molecular weight is 284 g/mol. The monoisotopic (exact) mass is 284 g/mol. The zero-order valence-electron chi connectivity index (χ0n) is 11.1. The summed E-state index contributed by atoms with van der Waals surface area (Å²) >= 11 is 0. The second-order valence-electron chi connectivity index (χ2n) is 5.66. The highest BCUT2D eigenvalue weighted by Crippen LogP contribution is 2.47. The van der Waals surface area contributed by atoms with Crippen LogP contribution >= 0.6 is 0 Å². The van der Waals surface area contributed by atoms with Crippen LogP contribution in [0.1, 0.15) is 50.2 Å². The van der Waals surface area contributed by atoms with Gasteiger partial charge in [0.2, 0.25) is 0 Å². The average Bonchev–Trinajstić information content (AvgIpc) is 2.75. The fraction of sp³-hybridized carbons (Fsp3) is 0.533. The van der Waals surface area contributed by atoms with Gasteiger partial charge >= 0.3 is 5.97 Å². The molecule has 1 aromatic rings. The van der Waals surface area contributed by atoms with Crippen molar-refractivity contribution < 1.29 is 23.8 Å². The highest BCUT2D eigenvalue weighted by atomic mass is 19.1. The molecule has 1 aromatic carbocycles. The Bertz CT molecular complexity index is 496. The zero-order chi connectivity index (χ0) is 14.8. The molecule has 3 nitrogen and oxygen atoms in total. The molecule has 2 N–H and O–H groups in total. The van der Waals surface area contributed by atoms with Gasteiger partial charge in [-0.1, -0.05) is 18.9 Å². The van der Waals surface area contributed by atoms with E-state index in [0.717, 1.165) is 37.8 Å². The Morgan fingerprint density at radius 2 is 1.95 bits per heavy atom. The molecule has 110 valence electrons. The molecule has 1 aliphatic rings. The Balaban J connectivity index is 2.16. The number of aliphatic hydroxyl groups excluding tert-OH is 1. The molecule has 5 heteroatoms. The maximum atomic E-state index is 13.6. The third-order valence-electron chi connectivity index (χ3n) is 4.14. The van der Waals surface area contributed by atoms with E-state index >= 15 is 0 Å². The lowest BCUT2D eigenvalue weighted by Gasteiger charge is -2.30. The number of carboxylic acids is 1. The smallest absolute Gasteiger partial charge is 0.303 e. The molecule has 0 heterocycles. The van der Waals surface area contributed by atoms with Gasteiger partial charge in [0.05, 0.1) is 12.5 Å². The van der Waals surface area contributed by atoms with Crippen molar-refractivity contribution in [3.05, 3.63) is 35.4 Å². The van der Waals surface area contributed by atoms with E-state index < -0.39 is 29.1 Å². The normalized spacial score (nSPS) is 18.9. The number of carboxylic acid groups (broad SMARTS) is 1. The van der Waals surface area contributed by atoms with Crippen LogP contribution in [0.5, 0.6) is 0 Å². The van der Waals surface area contributed by atoms with E-state index in [0.29, 0.717) is 0 Å². The molecule has 0 bridgehead atoms. The van der Waals surface area contributed by atoms with Crippen LogP contribution in [0.2, 0.25) is 0 Å². The highest BCUT2D eigenvalue weighted by Gasteiger charge is 2.38. The van der Waals surface area contributed by atoms with Gasteiger partial charge in [0.1, 0.15) is 11.6 Å². The van der Waals surface area contributed by atoms with Crippen molar-refractivity contribution in [3.8, 4) is 0 Å². The van der Waals surface area contributed by atoms with Crippen molar-refractivity contribution in [1.29, 1.82) is 0 Å². The van der Waals surface area contributed by atoms with Crippen molar-refractivity contribution in [2.24, 2.45) is 5.41 Å². The van der Waals surface area contributed by atoms with Crippen LogP contribution in [-0.2, 0) is 4.79 Å². The molecule has 0 radical (unpaired) electrons. The first-order valence-electron chi connectivity index (χ1n) is 6.77. The zero-order valence-corrected chi connectivity index (χ0v) is 11.1. The molecule has 1 saturated carbocycles. The van der Waals surface area contributed by atoms with Gasteiger partial charge in [-0.25, -0.2) is 8.78 Å². The molecule has 0 spiro atoms. The van der Waals surface area contributed by atoms with Gasteiger partial charge in [0.25, 0.3) is 0 Å². The minimum absolute atomic E-state index is 0.0210. The van der Waals surface area contributed by atoms with Gasteiger partial charge < -0.3 is 10.2 Å². The molecule has 0 amide bonds. The highest BCUT2D eigenvalue weighted by molar-refractivity contribution is 5.67. The minimum Gasteiger partial charge on any atom is -0.481 e. The SMILES string of the molecule is O=C(O)CC1(CC(O)c2ccc(F)cc2F)CCCC1. The van der Waals surface area contributed by atoms with Crippen molar-refractivity contribution in [3.63, 3.8) is 0 Å². The Morgan fingerprint density at radius 1 is 1.30 bits per heavy atom. The Morgan fingerprint density at radius 3 is 2.50 bits per heavy atom. The molecule has 1 aliphatic carbocycles. The minimum atomic E-state index is -1.10. The first kappa shape index (κ1) is 14.9. The number of rotatable bonds is 5. The molecule has 1 fully saturated rings. The summed E-state index contributed by atoms with van der Waals surface area (Å²) in [5, 5.41) is 19.2. The van der Waals surface area contributed by atoms with Crippen LogP contribution in [-0.4, -0.2) is 16.2 Å². The third kappa shape index (κ3) is 3.33. The van der Waals surface area contributed by atoms with Crippen LogP contribution < -0.4 is 0 Å². The quantitative estimate of drug-likeness (QED) is 0.871. The standard InChI is InChI=1S/C15H18F2O3/c16-10-3-4-11(12(17)7-10)13(18)8-15(9-14(19)20)5-1-2-6-15/h3-4,7,13,18H,1-2,5-6,8-9H2,(H,19,20). The maximum Gasteiger partial charge on any atom is 0.303 e. The molecule has 20 heavy (non-hydrogen) atoms. The van der Waals surface area contributed by atoms with Crippen LogP contribution in [0, 0.1) is 17.0 Å². The summed E-state index contributed by atoms with van der Waals surface area (Å²) < 4.78 is 26.5. The lowest BCUT2D eigenvalue weighted by molar-refractivity contribution is -0.140. The van der Waals surface area contributed by atoms with Crippen molar-refractivity contribution in [2.75, 3.05) is 0 Å². The Kier molecular flexibility index (Phi) is 4.38. The number of hydrogen-bond acceptors (Lipinski definition) is 2. The molecular weight excluding hydrogens is 266 g/mol. The Hall–Kier alpha value is -1.49.